The third kappa shape index (κ3) is 4.41. The lowest BCUT2D eigenvalue weighted by Gasteiger charge is -2.49. The molecule has 2 atom stereocenters. The van der Waals surface area contributed by atoms with E-state index in [0.29, 0.717) is 5.69 Å². The van der Waals surface area contributed by atoms with Gasteiger partial charge in [0.05, 0.1) is 17.0 Å². The number of aromatic nitrogens is 1. The number of hydrogen-bond donors (Lipinski definition) is 0. The highest BCUT2D eigenvalue weighted by Gasteiger charge is 2.61. The highest BCUT2D eigenvalue weighted by Crippen LogP contribution is 2.43. The van der Waals surface area contributed by atoms with Gasteiger partial charge in [-0.15, -0.1) is 0 Å². The van der Waals surface area contributed by atoms with Gasteiger partial charge in [-0.2, -0.15) is 0 Å². The van der Waals surface area contributed by atoms with E-state index in [1.165, 1.54) is 11.0 Å². The van der Waals surface area contributed by atoms with Crippen LogP contribution in [-0.2, 0) is 24.2 Å². The number of β-lactam (4-membered cyclic amide) rings is 1. The minimum Gasteiger partial charge on any atom is -0.451 e. The predicted octanol–water partition coefficient (Wildman–Crippen LogP) is 3.53. The lowest BCUT2D eigenvalue weighted by molar-refractivity contribution is -0.151. The van der Waals surface area contributed by atoms with Crippen molar-refractivity contribution in [3.8, 4) is 0 Å². The summed E-state index contributed by atoms with van der Waals surface area (Å²) in [5.74, 6) is -1.68. The Kier molecular flexibility index (Phi) is 6.06. The normalized spacial score (nSPS) is 24.1. The zero-order valence-electron chi connectivity index (χ0n) is 18.5. The van der Waals surface area contributed by atoms with E-state index in [4.69, 9.17) is 4.74 Å². The second kappa shape index (κ2) is 9.05. The van der Waals surface area contributed by atoms with E-state index in [9.17, 15) is 18.0 Å². The summed E-state index contributed by atoms with van der Waals surface area (Å²) >= 11 is 3.35. The molecule has 2 saturated heterocycles. The first-order chi connectivity index (χ1) is 16.8. The van der Waals surface area contributed by atoms with Crippen LogP contribution in [0.2, 0.25) is 0 Å². The number of halogens is 1. The summed E-state index contributed by atoms with van der Waals surface area (Å²) in [6.45, 7) is -0.121. The molecule has 3 aromatic rings. The number of sulfone groups is 1. The molecule has 2 aliphatic heterocycles. The number of carbonyl (C=O) groups excluding carboxylic acids is 2. The van der Waals surface area contributed by atoms with E-state index < -0.39 is 43.3 Å². The van der Waals surface area contributed by atoms with Gasteiger partial charge in [-0.1, -0.05) is 82.7 Å². The quantitative estimate of drug-likeness (QED) is 0.208. The zero-order chi connectivity index (χ0) is 24.6. The lowest BCUT2D eigenvalue weighted by Crippen LogP contribution is -2.69. The van der Waals surface area contributed by atoms with Crippen LogP contribution in [0.4, 0.5) is 0 Å². The Bertz CT molecular complexity index is 1360. The van der Waals surface area contributed by atoms with Crippen molar-refractivity contribution in [2.24, 2.45) is 0 Å². The Balaban J connectivity index is 1.42. The van der Waals surface area contributed by atoms with E-state index in [2.05, 4.69) is 20.9 Å². The molecule has 0 spiro atoms. The molecular weight excluding hydrogens is 532 g/mol. The second-order valence-electron chi connectivity index (χ2n) is 8.52. The number of benzene rings is 2. The van der Waals surface area contributed by atoms with Crippen molar-refractivity contribution in [3.63, 3.8) is 0 Å². The van der Waals surface area contributed by atoms with Gasteiger partial charge in [-0.05, 0) is 29.3 Å². The van der Waals surface area contributed by atoms with E-state index in [0.717, 1.165) is 11.1 Å². The number of nitrogens with zero attached hydrogens (tertiary/aromatic N) is 2. The molecule has 1 amide bonds. The number of esters is 1. The number of alkyl halides is 1. The fourth-order valence-electron chi connectivity index (χ4n) is 4.41. The maximum Gasteiger partial charge on any atom is 0.326 e. The molecule has 0 saturated carbocycles. The monoisotopic (exact) mass is 552 g/mol. The third-order valence-corrected chi connectivity index (χ3v) is 9.34. The topological polar surface area (TPSA) is 93.6 Å². The van der Waals surface area contributed by atoms with Crippen LogP contribution in [0.1, 0.15) is 22.9 Å². The maximum atomic E-state index is 13.4. The Labute approximate surface area is 211 Å². The van der Waals surface area contributed by atoms with Gasteiger partial charge in [0.25, 0.3) is 5.91 Å². The molecule has 0 aliphatic carbocycles. The first-order valence-electron chi connectivity index (χ1n) is 10.9. The zero-order valence-corrected chi connectivity index (χ0v) is 20.9. The second-order valence-corrected chi connectivity index (χ2v) is 12.1. The first kappa shape index (κ1) is 23.4. The predicted molar refractivity (Wildman–Crippen MR) is 134 cm³/mol. The smallest absolute Gasteiger partial charge is 0.326 e. The highest BCUT2D eigenvalue weighted by molar-refractivity contribution is 9.10. The van der Waals surface area contributed by atoms with Crippen molar-refractivity contribution in [2.75, 3.05) is 12.3 Å². The average molecular weight is 553 g/mol. The number of fused-ring (bicyclic) bond motifs is 1. The number of rotatable bonds is 5. The molecule has 1 unspecified atom stereocenters. The molecule has 2 aliphatic rings. The lowest BCUT2D eigenvalue weighted by atomic mass is 9.99. The number of carbonyl (C=O) groups is 2. The Morgan fingerprint density at radius 3 is 2.20 bits per heavy atom. The molecule has 1 aromatic heterocycles. The van der Waals surface area contributed by atoms with E-state index in [1.807, 2.05) is 60.7 Å². The molecule has 9 heteroatoms. The summed E-state index contributed by atoms with van der Waals surface area (Å²) in [5, 5.41) is -1.10. The van der Waals surface area contributed by atoms with Gasteiger partial charge in [-0.25, -0.2) is 8.42 Å². The number of ether oxygens (including phenoxy) is 1. The standard InChI is InChI=1S/C26H21BrN2O5S/c27-26(25(31)34-22(18-9-3-1-4-10-18)19-11-5-2-6-12-19)16-29-23(30)21(24(29)35(32,33)17-26)15-20-13-7-8-14-28-20/h1-15,22,24H,16-17H2/t24-,26?/m1/s1. The molecule has 0 N–H and O–H groups in total. The van der Waals surface area contributed by atoms with Crippen LogP contribution < -0.4 is 0 Å². The Morgan fingerprint density at radius 1 is 1.03 bits per heavy atom. The number of hydrogen-bond acceptors (Lipinski definition) is 6. The van der Waals surface area contributed by atoms with Crippen LogP contribution in [0.5, 0.6) is 0 Å². The molecule has 2 aromatic carbocycles. The van der Waals surface area contributed by atoms with Crippen molar-refractivity contribution >= 4 is 43.7 Å². The van der Waals surface area contributed by atoms with Gasteiger partial charge in [-0.3, -0.25) is 14.6 Å². The van der Waals surface area contributed by atoms with Gasteiger partial charge in [0.2, 0.25) is 0 Å². The summed E-state index contributed by atoms with van der Waals surface area (Å²) in [7, 11) is -3.88. The largest absolute Gasteiger partial charge is 0.451 e. The Hall–Kier alpha value is -3.30. The van der Waals surface area contributed by atoms with Crippen molar-refractivity contribution in [1.82, 2.24) is 9.88 Å². The fourth-order valence-corrected chi connectivity index (χ4v) is 7.85. The molecule has 7 nitrogen and oxygen atoms in total. The molecule has 0 radical (unpaired) electrons. The van der Waals surface area contributed by atoms with Crippen LogP contribution in [0, 0.1) is 0 Å². The molecule has 35 heavy (non-hydrogen) atoms. The number of pyridine rings is 1. The summed E-state index contributed by atoms with van der Waals surface area (Å²) in [5.41, 5.74) is 2.15. The maximum absolute atomic E-state index is 13.4. The van der Waals surface area contributed by atoms with E-state index in [1.54, 1.807) is 24.4 Å². The molecule has 0 bridgehead atoms. The van der Waals surface area contributed by atoms with Crippen LogP contribution in [-0.4, -0.2) is 52.2 Å². The minimum absolute atomic E-state index is 0.121. The SMILES string of the molecule is O=C1C(=Cc2ccccn2)[C@@H]2N1CC(Br)(C(=O)OC(c1ccccc1)c1ccccc1)CS2(=O)=O. The Morgan fingerprint density at radius 2 is 1.63 bits per heavy atom. The summed E-state index contributed by atoms with van der Waals surface area (Å²) in [6, 6.07) is 23.6. The third-order valence-electron chi connectivity index (χ3n) is 6.03. The van der Waals surface area contributed by atoms with Crippen molar-refractivity contribution in [2.45, 2.75) is 15.8 Å². The van der Waals surface area contributed by atoms with E-state index >= 15 is 0 Å². The average Bonchev–Trinajstić information content (AvgIpc) is 2.87. The highest BCUT2D eigenvalue weighted by atomic mass is 79.9. The van der Waals surface area contributed by atoms with Gasteiger partial charge in [0, 0.05) is 12.7 Å². The molecule has 178 valence electrons. The molecule has 5 rings (SSSR count). The minimum atomic E-state index is -3.88. The molecular formula is C26H21BrN2O5S. The van der Waals surface area contributed by atoms with Crippen molar-refractivity contribution in [3.05, 3.63) is 107 Å². The van der Waals surface area contributed by atoms with Gasteiger partial charge in [0.15, 0.2) is 25.6 Å². The van der Waals surface area contributed by atoms with Crippen molar-refractivity contribution in [1.29, 1.82) is 0 Å². The van der Waals surface area contributed by atoms with Crippen LogP contribution in [0.15, 0.2) is 90.6 Å². The van der Waals surface area contributed by atoms with Crippen LogP contribution >= 0.6 is 15.9 Å². The number of amides is 1. The molecule has 2 fully saturated rings. The van der Waals surface area contributed by atoms with Gasteiger partial charge in [0.1, 0.15) is 0 Å². The van der Waals surface area contributed by atoms with E-state index in [-0.39, 0.29) is 12.1 Å². The van der Waals surface area contributed by atoms with Gasteiger partial charge >= 0.3 is 5.97 Å². The summed E-state index contributed by atoms with van der Waals surface area (Å²) < 4.78 is 30.8. The summed E-state index contributed by atoms with van der Waals surface area (Å²) in [6.07, 6.45) is 2.32. The van der Waals surface area contributed by atoms with Gasteiger partial charge < -0.3 is 9.64 Å². The van der Waals surface area contributed by atoms with Crippen LogP contribution in [0.3, 0.4) is 0 Å². The van der Waals surface area contributed by atoms with Crippen molar-refractivity contribution < 1.29 is 22.7 Å². The molecule has 3 heterocycles. The fraction of sp³-hybridized carbons (Fsp3) is 0.192. The van der Waals surface area contributed by atoms with Crippen LogP contribution in [0.25, 0.3) is 6.08 Å². The first-order valence-corrected chi connectivity index (χ1v) is 13.4. The summed E-state index contributed by atoms with van der Waals surface area (Å²) in [4.78, 5) is 31.6.